The highest BCUT2D eigenvalue weighted by Crippen LogP contribution is 2.27. The summed E-state index contributed by atoms with van der Waals surface area (Å²) in [5.74, 6) is -0.972. The first-order valence-corrected chi connectivity index (χ1v) is 7.20. The van der Waals surface area contributed by atoms with Crippen molar-refractivity contribution >= 4 is 23.2 Å². The third-order valence-electron chi connectivity index (χ3n) is 3.81. The van der Waals surface area contributed by atoms with Crippen molar-refractivity contribution in [2.75, 3.05) is 12.4 Å². The lowest BCUT2D eigenvalue weighted by atomic mass is 9.84. The van der Waals surface area contributed by atoms with Gasteiger partial charge in [-0.2, -0.15) is 0 Å². The fourth-order valence-electron chi connectivity index (χ4n) is 1.95. The molecular formula is C14H18ClFN2O3. The normalized spacial score (nSPS) is 11.2. The SMILES string of the molecule is CCC(CC)(CCl)CNC(=O)c1ccc(F)cc1[N+](=O)[O-]. The molecule has 0 spiro atoms. The van der Waals surface area contributed by atoms with Gasteiger partial charge in [0.05, 0.1) is 11.0 Å². The first kappa shape index (κ1) is 17.4. The molecule has 0 heterocycles. The van der Waals surface area contributed by atoms with Gasteiger partial charge in [0.1, 0.15) is 11.4 Å². The third-order valence-corrected chi connectivity index (χ3v) is 4.38. The zero-order valence-electron chi connectivity index (χ0n) is 12.0. The lowest BCUT2D eigenvalue weighted by Gasteiger charge is -2.29. The molecule has 0 bridgehead atoms. The maximum atomic E-state index is 13.1. The van der Waals surface area contributed by atoms with E-state index in [9.17, 15) is 19.3 Å². The van der Waals surface area contributed by atoms with Gasteiger partial charge in [0.25, 0.3) is 11.6 Å². The maximum Gasteiger partial charge on any atom is 0.285 e. The van der Waals surface area contributed by atoms with Crippen molar-refractivity contribution in [1.29, 1.82) is 0 Å². The Labute approximate surface area is 127 Å². The van der Waals surface area contributed by atoms with E-state index in [0.717, 1.165) is 31.0 Å². The Morgan fingerprint density at radius 1 is 1.43 bits per heavy atom. The summed E-state index contributed by atoms with van der Waals surface area (Å²) in [6, 6.07) is 2.88. The van der Waals surface area contributed by atoms with E-state index >= 15 is 0 Å². The minimum Gasteiger partial charge on any atom is -0.351 e. The van der Waals surface area contributed by atoms with Crippen LogP contribution in [0.25, 0.3) is 0 Å². The van der Waals surface area contributed by atoms with E-state index < -0.39 is 22.3 Å². The van der Waals surface area contributed by atoms with E-state index in [2.05, 4.69) is 5.32 Å². The second-order valence-electron chi connectivity index (χ2n) is 4.94. The number of nitro benzene ring substituents is 1. The number of amides is 1. The van der Waals surface area contributed by atoms with Crippen molar-refractivity contribution in [3.8, 4) is 0 Å². The molecule has 0 saturated heterocycles. The van der Waals surface area contributed by atoms with Crippen LogP contribution in [0.5, 0.6) is 0 Å². The van der Waals surface area contributed by atoms with Gasteiger partial charge in [0, 0.05) is 17.8 Å². The lowest BCUT2D eigenvalue weighted by Crippen LogP contribution is -2.38. The smallest absolute Gasteiger partial charge is 0.285 e. The van der Waals surface area contributed by atoms with E-state index in [4.69, 9.17) is 11.6 Å². The predicted octanol–water partition coefficient (Wildman–Crippen LogP) is 3.51. The molecule has 0 aliphatic carbocycles. The Bertz CT molecular complexity index is 525. The number of hydrogen-bond acceptors (Lipinski definition) is 3. The predicted molar refractivity (Wildman–Crippen MR) is 79.1 cm³/mol. The number of carbonyl (C=O) groups is 1. The molecule has 21 heavy (non-hydrogen) atoms. The van der Waals surface area contributed by atoms with Gasteiger partial charge in [-0.15, -0.1) is 11.6 Å². The summed E-state index contributed by atoms with van der Waals surface area (Å²) in [5.41, 5.74) is -0.944. The van der Waals surface area contributed by atoms with Crippen molar-refractivity contribution in [2.24, 2.45) is 5.41 Å². The summed E-state index contributed by atoms with van der Waals surface area (Å²) in [5, 5.41) is 13.5. The maximum absolute atomic E-state index is 13.1. The van der Waals surface area contributed by atoms with Crippen LogP contribution in [0.3, 0.4) is 0 Å². The van der Waals surface area contributed by atoms with Crippen molar-refractivity contribution in [3.63, 3.8) is 0 Å². The van der Waals surface area contributed by atoms with Gasteiger partial charge < -0.3 is 5.32 Å². The molecule has 0 aliphatic rings. The van der Waals surface area contributed by atoms with Crippen molar-refractivity contribution in [2.45, 2.75) is 26.7 Å². The first-order chi connectivity index (χ1) is 9.89. The summed E-state index contributed by atoms with van der Waals surface area (Å²) >= 11 is 5.95. The van der Waals surface area contributed by atoms with Crippen LogP contribution in [-0.4, -0.2) is 23.3 Å². The first-order valence-electron chi connectivity index (χ1n) is 6.67. The molecule has 0 aliphatic heterocycles. The molecule has 0 radical (unpaired) electrons. The molecule has 1 amide bonds. The number of nitrogens with zero attached hydrogens (tertiary/aromatic N) is 1. The highest BCUT2D eigenvalue weighted by molar-refractivity contribution is 6.18. The summed E-state index contributed by atoms with van der Waals surface area (Å²) in [4.78, 5) is 22.2. The molecule has 1 aromatic carbocycles. The molecular weight excluding hydrogens is 299 g/mol. The molecule has 1 rings (SSSR count). The molecule has 0 saturated carbocycles. The second-order valence-corrected chi connectivity index (χ2v) is 5.21. The Hall–Kier alpha value is -1.69. The van der Waals surface area contributed by atoms with Crippen molar-refractivity contribution in [1.82, 2.24) is 5.32 Å². The highest BCUT2D eigenvalue weighted by Gasteiger charge is 2.27. The van der Waals surface area contributed by atoms with Crippen molar-refractivity contribution in [3.05, 3.63) is 39.7 Å². The average molecular weight is 317 g/mol. The number of alkyl halides is 1. The molecule has 1 N–H and O–H groups in total. The molecule has 0 aromatic heterocycles. The Morgan fingerprint density at radius 3 is 2.52 bits per heavy atom. The van der Waals surface area contributed by atoms with Crippen LogP contribution in [0, 0.1) is 21.3 Å². The molecule has 116 valence electrons. The summed E-state index contributed by atoms with van der Waals surface area (Å²) in [7, 11) is 0. The van der Waals surface area contributed by atoms with Crippen LogP contribution in [0.1, 0.15) is 37.0 Å². The topological polar surface area (TPSA) is 72.2 Å². The van der Waals surface area contributed by atoms with Crippen molar-refractivity contribution < 1.29 is 14.1 Å². The lowest BCUT2D eigenvalue weighted by molar-refractivity contribution is -0.385. The quantitative estimate of drug-likeness (QED) is 0.475. The fraction of sp³-hybridized carbons (Fsp3) is 0.500. The summed E-state index contributed by atoms with van der Waals surface area (Å²) < 4.78 is 13.1. The number of benzene rings is 1. The van der Waals surface area contributed by atoms with Crippen LogP contribution in [0.15, 0.2) is 18.2 Å². The Kier molecular flexibility index (Phi) is 6.08. The number of nitrogens with one attached hydrogen (secondary N) is 1. The minimum absolute atomic E-state index is 0.155. The zero-order chi connectivity index (χ0) is 16.0. The Balaban J connectivity index is 2.93. The molecule has 5 nitrogen and oxygen atoms in total. The molecule has 0 fully saturated rings. The monoisotopic (exact) mass is 316 g/mol. The van der Waals surface area contributed by atoms with Gasteiger partial charge in [0.2, 0.25) is 0 Å². The zero-order valence-corrected chi connectivity index (χ0v) is 12.7. The molecule has 1 aromatic rings. The molecule has 0 unspecified atom stereocenters. The van der Waals surface area contributed by atoms with Crippen LogP contribution >= 0.6 is 11.6 Å². The van der Waals surface area contributed by atoms with Gasteiger partial charge in [-0.05, 0) is 25.0 Å². The average Bonchev–Trinajstić information content (AvgIpc) is 2.48. The van der Waals surface area contributed by atoms with Crippen LogP contribution in [-0.2, 0) is 0 Å². The number of nitro groups is 1. The number of carbonyl (C=O) groups excluding carboxylic acids is 1. The van der Waals surface area contributed by atoms with Gasteiger partial charge in [-0.3, -0.25) is 14.9 Å². The summed E-state index contributed by atoms with van der Waals surface area (Å²) in [6.07, 6.45) is 1.55. The molecule has 0 atom stereocenters. The van der Waals surface area contributed by atoms with E-state index in [-0.39, 0.29) is 11.0 Å². The van der Waals surface area contributed by atoms with E-state index in [1.165, 1.54) is 0 Å². The summed E-state index contributed by atoms with van der Waals surface area (Å²) in [6.45, 7) is 4.26. The van der Waals surface area contributed by atoms with Crippen LogP contribution in [0.2, 0.25) is 0 Å². The van der Waals surface area contributed by atoms with E-state index in [1.54, 1.807) is 0 Å². The van der Waals surface area contributed by atoms with Gasteiger partial charge in [-0.25, -0.2) is 4.39 Å². The van der Waals surface area contributed by atoms with Gasteiger partial charge >= 0.3 is 0 Å². The second kappa shape index (κ2) is 7.36. The number of halogens is 2. The van der Waals surface area contributed by atoms with E-state index in [1.807, 2.05) is 13.8 Å². The van der Waals surface area contributed by atoms with Gasteiger partial charge in [-0.1, -0.05) is 13.8 Å². The van der Waals surface area contributed by atoms with Crippen LogP contribution in [0.4, 0.5) is 10.1 Å². The third kappa shape index (κ3) is 4.14. The number of rotatable bonds is 7. The highest BCUT2D eigenvalue weighted by atomic mass is 35.5. The largest absolute Gasteiger partial charge is 0.351 e. The Morgan fingerprint density at radius 2 is 2.05 bits per heavy atom. The molecule has 7 heteroatoms. The van der Waals surface area contributed by atoms with E-state index in [0.29, 0.717) is 12.4 Å². The van der Waals surface area contributed by atoms with Gasteiger partial charge in [0.15, 0.2) is 0 Å². The van der Waals surface area contributed by atoms with Crippen LogP contribution < -0.4 is 5.32 Å². The standard InChI is InChI=1S/C14H18ClFN2O3/c1-3-14(4-2,8-15)9-17-13(19)11-6-5-10(16)7-12(11)18(20)21/h5-7H,3-4,8-9H2,1-2H3,(H,17,19). The fourth-order valence-corrected chi connectivity index (χ4v) is 2.42. The minimum atomic E-state index is -0.771. The number of hydrogen-bond donors (Lipinski definition) is 1.